The van der Waals surface area contributed by atoms with Crippen LogP contribution in [-0.2, 0) is 19.1 Å². The van der Waals surface area contributed by atoms with Crippen LogP contribution in [0, 0.1) is 32.8 Å². The molecule has 0 atom stereocenters. The Hall–Kier alpha value is -5.63. The molecule has 0 saturated heterocycles. The predicted molar refractivity (Wildman–Crippen MR) is 144 cm³/mol. The lowest BCUT2D eigenvalue weighted by molar-refractivity contribution is -0.384. The van der Waals surface area contributed by atoms with Gasteiger partial charge in [0.15, 0.2) is 0 Å². The van der Waals surface area contributed by atoms with E-state index in [-0.39, 0.29) is 58.4 Å². The summed E-state index contributed by atoms with van der Waals surface area (Å²) >= 11 is 0. The molecule has 0 bridgehead atoms. The second-order valence-corrected chi connectivity index (χ2v) is 8.01. The molecule has 0 aliphatic carbocycles. The Morgan fingerprint density at radius 2 is 1.59 bits per heavy atom. The molecule has 0 fully saturated rings. The standard InChI is InChI=1S/C27H20BF2N5O6/c1-3-40-26(36)18(15-31)13-20-7-11-23(33-20)25(17-5-8-21(9-6-17)35(38)39)24-12-10-22(34(24)28(29)30)14-19(16-32)27(37)41-4-2/h5-14H,3-4H2,1-2H3/b18-13+,19-14+,25-23-. The van der Waals surface area contributed by atoms with Crippen LogP contribution in [0.5, 0.6) is 0 Å². The van der Waals surface area contributed by atoms with E-state index in [1.807, 2.05) is 0 Å². The number of rotatable bonds is 10. The number of nitriles is 2. The van der Waals surface area contributed by atoms with Gasteiger partial charge in [0.05, 0.1) is 29.5 Å². The second kappa shape index (κ2) is 13.4. The van der Waals surface area contributed by atoms with Gasteiger partial charge in [0, 0.05) is 29.1 Å². The van der Waals surface area contributed by atoms with E-state index in [0.717, 1.165) is 6.08 Å². The van der Waals surface area contributed by atoms with Crippen molar-refractivity contribution in [2.45, 2.75) is 13.8 Å². The second-order valence-electron chi connectivity index (χ2n) is 8.01. The highest BCUT2D eigenvalue weighted by molar-refractivity contribution is 6.42. The van der Waals surface area contributed by atoms with E-state index in [9.17, 15) is 38.9 Å². The number of hydrogen-bond donors (Lipinski definition) is 0. The van der Waals surface area contributed by atoms with Crippen LogP contribution in [-0.4, -0.2) is 47.7 Å². The molecule has 0 spiro atoms. The largest absolute Gasteiger partial charge is 0.678 e. The number of aliphatic imine (C=N–C) groups is 1. The van der Waals surface area contributed by atoms with E-state index >= 15 is 0 Å². The van der Waals surface area contributed by atoms with Gasteiger partial charge >= 0.3 is 19.3 Å². The number of nitrogens with zero attached hydrogens (tertiary/aromatic N) is 5. The van der Waals surface area contributed by atoms with Gasteiger partial charge in [0.25, 0.3) is 5.69 Å². The molecule has 2 heterocycles. The van der Waals surface area contributed by atoms with E-state index in [1.54, 1.807) is 19.1 Å². The molecule has 0 radical (unpaired) electrons. The normalized spacial score (nSPS) is 14.0. The Morgan fingerprint density at radius 3 is 2.10 bits per heavy atom. The SMILES string of the molecule is CCOC(=O)/C(C#N)=C/C1=NC(=C(/c2ccc([N+](=O)[O-])cc2)c2ccc(/C=C(\C#N)C(=O)OCC)n2B(F)F)/C=C1. The number of carbonyl (C=O) groups is 2. The van der Waals surface area contributed by atoms with E-state index < -0.39 is 29.8 Å². The van der Waals surface area contributed by atoms with Gasteiger partial charge in [-0.2, -0.15) is 10.5 Å². The first-order chi connectivity index (χ1) is 19.6. The number of carbonyl (C=O) groups excluding carboxylic acids is 2. The highest BCUT2D eigenvalue weighted by Crippen LogP contribution is 2.34. The number of allylic oxidation sites excluding steroid dienone is 3. The molecule has 1 aromatic heterocycles. The topological polar surface area (TPSA) is 161 Å². The molecule has 2 aromatic rings. The van der Waals surface area contributed by atoms with Crippen molar-refractivity contribution in [3.63, 3.8) is 0 Å². The zero-order chi connectivity index (χ0) is 30.1. The van der Waals surface area contributed by atoms with Crippen LogP contribution in [0.4, 0.5) is 14.3 Å². The number of hydrogen-bond acceptors (Lipinski definition) is 9. The minimum absolute atomic E-state index is 0.0276. The van der Waals surface area contributed by atoms with Crippen LogP contribution in [0.1, 0.15) is 30.8 Å². The monoisotopic (exact) mass is 559 g/mol. The molecular formula is C27H20BF2N5O6. The smallest absolute Gasteiger partial charge is 0.462 e. The number of benzene rings is 1. The highest BCUT2D eigenvalue weighted by Gasteiger charge is 2.28. The van der Waals surface area contributed by atoms with Crippen molar-refractivity contribution in [1.29, 1.82) is 10.5 Å². The maximum atomic E-state index is 14.5. The van der Waals surface area contributed by atoms with Gasteiger partial charge in [-0.3, -0.25) is 18.7 Å². The van der Waals surface area contributed by atoms with Crippen molar-refractivity contribution in [2.75, 3.05) is 13.2 Å². The number of aromatic nitrogens is 1. The Bertz CT molecular complexity index is 1620. The van der Waals surface area contributed by atoms with E-state index in [4.69, 9.17) is 9.47 Å². The molecule has 3 rings (SSSR count). The molecule has 1 aromatic carbocycles. The summed E-state index contributed by atoms with van der Waals surface area (Å²) in [5.74, 6) is -1.85. The zero-order valence-corrected chi connectivity index (χ0v) is 21.7. The fourth-order valence-electron chi connectivity index (χ4n) is 3.76. The van der Waals surface area contributed by atoms with Crippen molar-refractivity contribution >= 4 is 42.4 Å². The van der Waals surface area contributed by atoms with Crippen LogP contribution in [0.25, 0.3) is 11.6 Å². The Balaban J connectivity index is 2.27. The molecule has 0 N–H and O–H groups in total. The van der Waals surface area contributed by atoms with Crippen LogP contribution in [0.15, 0.2) is 76.5 Å². The molecule has 41 heavy (non-hydrogen) atoms. The Morgan fingerprint density at radius 1 is 1.00 bits per heavy atom. The molecule has 206 valence electrons. The van der Waals surface area contributed by atoms with Crippen molar-refractivity contribution < 1.29 is 32.6 Å². The van der Waals surface area contributed by atoms with Crippen molar-refractivity contribution in [1.82, 2.24) is 4.48 Å². The molecule has 0 saturated carbocycles. The number of ether oxygens (including phenoxy) is 2. The minimum atomic E-state index is -3.15. The van der Waals surface area contributed by atoms with Gasteiger partial charge in [0.2, 0.25) is 0 Å². The van der Waals surface area contributed by atoms with Crippen LogP contribution in [0.3, 0.4) is 0 Å². The van der Waals surface area contributed by atoms with Gasteiger partial charge in [-0.1, -0.05) is 0 Å². The lowest BCUT2D eigenvalue weighted by Crippen LogP contribution is -2.18. The van der Waals surface area contributed by atoms with Crippen molar-refractivity contribution in [3.05, 3.63) is 98.5 Å². The molecule has 1 aliphatic rings. The summed E-state index contributed by atoms with van der Waals surface area (Å²) < 4.78 is 39.2. The zero-order valence-electron chi connectivity index (χ0n) is 21.7. The third-order valence-corrected chi connectivity index (χ3v) is 5.50. The first-order valence-electron chi connectivity index (χ1n) is 12.0. The average molecular weight is 559 g/mol. The van der Waals surface area contributed by atoms with Gasteiger partial charge in [-0.15, -0.1) is 0 Å². The number of nitro groups is 1. The third-order valence-electron chi connectivity index (χ3n) is 5.50. The number of nitro benzene ring substituents is 1. The highest BCUT2D eigenvalue weighted by atomic mass is 19.2. The first-order valence-corrected chi connectivity index (χ1v) is 12.0. The van der Waals surface area contributed by atoms with Crippen LogP contribution < -0.4 is 0 Å². The Labute approximate surface area is 233 Å². The summed E-state index contributed by atoms with van der Waals surface area (Å²) in [5, 5.41) is 29.9. The van der Waals surface area contributed by atoms with E-state index in [0.29, 0.717) is 4.48 Å². The molecule has 1 aliphatic heterocycles. The number of halogens is 2. The average Bonchev–Trinajstić information content (AvgIpc) is 3.58. The summed E-state index contributed by atoms with van der Waals surface area (Å²) in [7, 11) is -3.15. The predicted octanol–water partition coefficient (Wildman–Crippen LogP) is 4.42. The van der Waals surface area contributed by atoms with Gasteiger partial charge in [0.1, 0.15) is 23.3 Å². The summed E-state index contributed by atoms with van der Waals surface area (Å²) in [6, 6.07) is 11.0. The molecule has 11 nitrogen and oxygen atoms in total. The van der Waals surface area contributed by atoms with E-state index in [1.165, 1.54) is 61.5 Å². The number of esters is 2. The molecule has 0 unspecified atom stereocenters. The fraction of sp³-hybridized carbons (Fsp3) is 0.148. The number of non-ortho nitro benzene ring substituents is 1. The van der Waals surface area contributed by atoms with Crippen LogP contribution in [0.2, 0.25) is 0 Å². The van der Waals surface area contributed by atoms with Crippen LogP contribution >= 0.6 is 0 Å². The van der Waals surface area contributed by atoms with Gasteiger partial charge in [-0.05, 0) is 68.0 Å². The van der Waals surface area contributed by atoms with Crippen molar-refractivity contribution in [3.8, 4) is 12.1 Å². The lowest BCUT2D eigenvalue weighted by Gasteiger charge is -2.14. The molecule has 14 heteroatoms. The van der Waals surface area contributed by atoms with Gasteiger partial charge in [-0.25, -0.2) is 14.6 Å². The maximum absolute atomic E-state index is 14.5. The summed E-state index contributed by atoms with van der Waals surface area (Å²) in [4.78, 5) is 39.1. The first kappa shape index (κ1) is 29.9. The quantitative estimate of drug-likeness (QED) is 0.103. The summed E-state index contributed by atoms with van der Waals surface area (Å²) in [6.45, 7) is 3.12. The third kappa shape index (κ3) is 6.88. The molecular weight excluding hydrogens is 539 g/mol. The van der Waals surface area contributed by atoms with E-state index in [2.05, 4.69) is 4.99 Å². The Kier molecular flexibility index (Phi) is 9.81. The molecule has 0 amide bonds. The maximum Gasteiger partial charge on any atom is 0.678 e. The summed E-state index contributed by atoms with van der Waals surface area (Å²) in [6.07, 6.45) is 5.04. The minimum Gasteiger partial charge on any atom is -0.462 e. The van der Waals surface area contributed by atoms with Crippen molar-refractivity contribution in [2.24, 2.45) is 4.99 Å². The summed E-state index contributed by atoms with van der Waals surface area (Å²) in [5.41, 5.74) is -0.694. The lowest BCUT2D eigenvalue weighted by atomic mass is 9.98. The van der Waals surface area contributed by atoms with Gasteiger partial charge < -0.3 is 14.0 Å². The fourth-order valence-corrected chi connectivity index (χ4v) is 3.76.